The summed E-state index contributed by atoms with van der Waals surface area (Å²) >= 11 is 0. The van der Waals surface area contributed by atoms with E-state index < -0.39 is 29.9 Å². The van der Waals surface area contributed by atoms with Crippen molar-refractivity contribution in [1.29, 1.82) is 5.26 Å². The molecule has 2 aromatic rings. The number of benzene rings is 1. The van der Waals surface area contributed by atoms with Crippen molar-refractivity contribution >= 4 is 24.0 Å². The first-order valence-electron chi connectivity index (χ1n) is 15.5. The van der Waals surface area contributed by atoms with E-state index in [1.807, 2.05) is 31.2 Å². The molecule has 3 rings (SSSR count). The first kappa shape index (κ1) is 41.7. The number of aliphatic hydroxyl groups is 1. The van der Waals surface area contributed by atoms with Gasteiger partial charge in [0.1, 0.15) is 17.9 Å². The Balaban J connectivity index is 0.000000910. The third-order valence-corrected chi connectivity index (χ3v) is 6.52. The molecule has 12 heteroatoms. The van der Waals surface area contributed by atoms with Crippen LogP contribution in [0.5, 0.6) is 0 Å². The highest BCUT2D eigenvalue weighted by Gasteiger charge is 2.27. The zero-order valence-electron chi connectivity index (χ0n) is 28.6. The number of hydrogen-bond donors (Lipinski definition) is 4. The number of rotatable bonds is 9. The topological polar surface area (TPSA) is 178 Å². The lowest BCUT2D eigenvalue weighted by Crippen LogP contribution is -2.53. The summed E-state index contributed by atoms with van der Waals surface area (Å²) in [5.41, 5.74) is 2.23. The van der Waals surface area contributed by atoms with E-state index in [0.717, 1.165) is 17.0 Å². The molecule has 4 N–H and O–H groups in total. The molecule has 1 aromatic heterocycles. The Kier molecular flexibility index (Phi) is 21.7. The Morgan fingerprint density at radius 1 is 1.15 bits per heavy atom. The van der Waals surface area contributed by atoms with Crippen LogP contribution in [0.15, 0.2) is 46.5 Å². The lowest BCUT2D eigenvalue weighted by atomic mass is 10.00. The summed E-state index contributed by atoms with van der Waals surface area (Å²) in [4.78, 5) is 48.4. The fourth-order valence-corrected chi connectivity index (χ4v) is 3.64. The molecule has 12 nitrogen and oxygen atoms in total. The predicted octanol–water partition coefficient (Wildman–Crippen LogP) is 3.62. The fourth-order valence-electron chi connectivity index (χ4n) is 3.64. The third-order valence-electron chi connectivity index (χ3n) is 6.52. The normalized spacial score (nSPS) is 14.2. The molecular formula is C34H52N6O6. The lowest BCUT2D eigenvalue weighted by Gasteiger charge is -2.26. The summed E-state index contributed by atoms with van der Waals surface area (Å²) in [6, 6.07) is 9.54. The number of aryl methyl sites for hydroxylation is 2. The number of hydrogen-bond acceptors (Lipinski definition) is 9. The molecule has 2 unspecified atom stereocenters. The van der Waals surface area contributed by atoms with Crippen LogP contribution >= 0.6 is 0 Å². The van der Waals surface area contributed by atoms with Crippen molar-refractivity contribution in [3.05, 3.63) is 64.6 Å². The number of likely N-dealkylation sites (tertiary alicyclic amines) is 1. The second kappa shape index (κ2) is 24.0. The van der Waals surface area contributed by atoms with E-state index in [1.165, 1.54) is 51.4 Å². The molecular weight excluding hydrogens is 588 g/mol. The van der Waals surface area contributed by atoms with E-state index >= 15 is 0 Å². The number of nitrogens with zero attached hydrogens (tertiary/aromatic N) is 3. The minimum atomic E-state index is -1.24. The maximum atomic E-state index is 12.3. The third kappa shape index (κ3) is 18.5. The first-order valence-corrected chi connectivity index (χ1v) is 15.5. The van der Waals surface area contributed by atoms with Crippen LogP contribution in [0.3, 0.4) is 0 Å². The molecule has 0 aliphatic carbocycles. The summed E-state index contributed by atoms with van der Waals surface area (Å²) in [5.74, 6) is -0.327. The minimum Gasteiger partial charge on any atom is -0.391 e. The molecule has 3 amide bonds. The van der Waals surface area contributed by atoms with Gasteiger partial charge in [0.2, 0.25) is 11.8 Å². The maximum absolute atomic E-state index is 12.3. The number of amides is 3. The number of aldehydes is 1. The van der Waals surface area contributed by atoms with E-state index in [-0.39, 0.29) is 17.8 Å². The Bertz CT molecular complexity index is 1250. The van der Waals surface area contributed by atoms with Gasteiger partial charge in [-0.2, -0.15) is 5.26 Å². The lowest BCUT2D eigenvalue weighted by molar-refractivity contribution is -0.128. The summed E-state index contributed by atoms with van der Waals surface area (Å²) in [6.07, 6.45) is 4.87. The molecule has 1 saturated heterocycles. The van der Waals surface area contributed by atoms with Gasteiger partial charge < -0.3 is 30.5 Å². The highest BCUT2D eigenvalue weighted by molar-refractivity contribution is 5.97. The monoisotopic (exact) mass is 640 g/mol. The van der Waals surface area contributed by atoms with Gasteiger partial charge in [0.05, 0.1) is 18.2 Å². The van der Waals surface area contributed by atoms with Crippen LogP contribution in [0.1, 0.15) is 81.3 Å². The molecule has 2 atom stereocenters. The number of carbonyl (C=O) groups excluding carboxylic acids is 4. The van der Waals surface area contributed by atoms with Crippen molar-refractivity contribution in [3.63, 3.8) is 0 Å². The quantitative estimate of drug-likeness (QED) is 0.181. The van der Waals surface area contributed by atoms with Crippen molar-refractivity contribution in [3.8, 4) is 6.07 Å². The number of piperidine rings is 1. The van der Waals surface area contributed by atoms with Gasteiger partial charge in [-0.25, -0.2) is 0 Å². The highest BCUT2D eigenvalue weighted by atomic mass is 16.5. The molecule has 46 heavy (non-hydrogen) atoms. The molecule has 0 bridgehead atoms. The Morgan fingerprint density at radius 3 is 2.15 bits per heavy atom. The van der Waals surface area contributed by atoms with Crippen LogP contribution in [0, 0.1) is 31.1 Å². The van der Waals surface area contributed by atoms with E-state index in [1.54, 1.807) is 19.9 Å². The summed E-state index contributed by atoms with van der Waals surface area (Å²) < 4.78 is 4.81. The van der Waals surface area contributed by atoms with Crippen LogP contribution in [-0.4, -0.2) is 78.0 Å². The summed E-state index contributed by atoms with van der Waals surface area (Å²) in [5, 5.41) is 28.8. The number of aliphatic hydroxyl groups excluding tert-OH is 1. The average Bonchev–Trinajstić information content (AvgIpc) is 3.48. The van der Waals surface area contributed by atoms with Crippen molar-refractivity contribution in [2.45, 2.75) is 86.4 Å². The molecule has 0 radical (unpaired) electrons. The molecule has 254 valence electrons. The van der Waals surface area contributed by atoms with E-state index in [4.69, 9.17) is 9.78 Å². The van der Waals surface area contributed by atoms with Crippen molar-refractivity contribution in [1.82, 2.24) is 26.0 Å². The fraction of sp³-hybridized carbons (Fsp3) is 0.529. The van der Waals surface area contributed by atoms with Crippen LogP contribution in [0.25, 0.3) is 0 Å². The molecule has 0 saturated carbocycles. The zero-order chi connectivity index (χ0) is 35.1. The van der Waals surface area contributed by atoms with Gasteiger partial charge >= 0.3 is 0 Å². The number of aromatic nitrogens is 1. The SMILES string of the molecule is C/C=C(\C#N)C=O.CC1CCN(C)CC1.CCC.Cc1ccc(CNC(=O)CNC(=O)C(NC(=O)c2cc(C)on2)C(C)O)cc1. The molecule has 1 fully saturated rings. The van der Waals surface area contributed by atoms with Crippen LogP contribution in [0.2, 0.25) is 0 Å². The van der Waals surface area contributed by atoms with Gasteiger partial charge in [-0.05, 0) is 72.2 Å². The zero-order valence-corrected chi connectivity index (χ0v) is 28.6. The van der Waals surface area contributed by atoms with Crippen molar-refractivity contribution < 1.29 is 28.8 Å². The first-order chi connectivity index (χ1) is 21.8. The average molecular weight is 641 g/mol. The minimum absolute atomic E-state index is 0.00760. The standard InChI is InChI=1S/C19H24N4O5.C7H15N.C5H5NO.C3H8/c1-11-4-6-14(7-5-11)9-20-16(25)10-21-19(27)17(13(3)24)22-18(26)15-8-12(2)28-23-15;1-7-3-5-8(2)6-4-7;1-2-5(3-6)4-7;1-3-2/h4-8,13,17,24H,9-10H2,1-3H3,(H,20,25)(H,21,27)(H,22,26);7H,3-6H2,1-2H3;2,4H,1H3;3H2,1-2H3/b;;5-2+;. The second-order valence-electron chi connectivity index (χ2n) is 11.2. The van der Waals surface area contributed by atoms with Gasteiger partial charge in [0.15, 0.2) is 12.0 Å². The molecule has 1 aromatic carbocycles. The predicted molar refractivity (Wildman–Crippen MR) is 178 cm³/mol. The summed E-state index contributed by atoms with van der Waals surface area (Å²) in [6.45, 7) is 15.8. The summed E-state index contributed by atoms with van der Waals surface area (Å²) in [7, 11) is 2.20. The van der Waals surface area contributed by atoms with Crippen molar-refractivity contribution in [2.75, 3.05) is 26.7 Å². The Morgan fingerprint density at radius 2 is 1.74 bits per heavy atom. The second-order valence-corrected chi connectivity index (χ2v) is 11.2. The van der Waals surface area contributed by atoms with Gasteiger partial charge in [-0.1, -0.05) is 68.3 Å². The molecule has 2 heterocycles. The molecule has 1 aliphatic rings. The molecule has 0 spiro atoms. The molecule has 1 aliphatic heterocycles. The van der Waals surface area contributed by atoms with Gasteiger partial charge in [-0.3, -0.25) is 19.2 Å². The van der Waals surface area contributed by atoms with Crippen LogP contribution in [0.4, 0.5) is 0 Å². The number of carbonyl (C=O) groups is 4. The number of nitriles is 1. The maximum Gasteiger partial charge on any atom is 0.274 e. The smallest absolute Gasteiger partial charge is 0.274 e. The highest BCUT2D eigenvalue weighted by Crippen LogP contribution is 2.13. The Labute approximate surface area is 273 Å². The van der Waals surface area contributed by atoms with E-state index in [9.17, 15) is 24.3 Å². The van der Waals surface area contributed by atoms with Crippen LogP contribution < -0.4 is 16.0 Å². The van der Waals surface area contributed by atoms with Gasteiger partial charge in [0.25, 0.3) is 5.91 Å². The Hall–Kier alpha value is -4.34. The van der Waals surface area contributed by atoms with Crippen molar-refractivity contribution in [2.24, 2.45) is 5.92 Å². The van der Waals surface area contributed by atoms with E-state index in [0.29, 0.717) is 18.6 Å². The largest absolute Gasteiger partial charge is 0.391 e. The van der Waals surface area contributed by atoms with Crippen LogP contribution in [-0.2, 0) is 20.9 Å². The number of nitrogens with one attached hydrogen (secondary N) is 3. The van der Waals surface area contributed by atoms with Gasteiger partial charge in [-0.15, -0.1) is 0 Å². The number of allylic oxidation sites excluding steroid dienone is 2. The van der Waals surface area contributed by atoms with E-state index in [2.05, 4.69) is 53.8 Å². The van der Waals surface area contributed by atoms with Gasteiger partial charge in [0, 0.05) is 12.6 Å².